The molecule has 0 fully saturated rings. The molecule has 94 valence electrons. The summed E-state index contributed by atoms with van der Waals surface area (Å²) >= 11 is 7.34. The molecule has 0 aliphatic heterocycles. The van der Waals surface area contributed by atoms with E-state index in [9.17, 15) is 4.79 Å². The molecule has 0 radical (unpaired) electrons. The molecular formula is C13H13ClN2OS. The predicted molar refractivity (Wildman–Crippen MR) is 74.5 cm³/mol. The number of rotatable bonds is 5. The molecule has 2 aromatic rings. The average molecular weight is 281 g/mol. The molecule has 0 saturated carbocycles. The number of benzene rings is 1. The van der Waals surface area contributed by atoms with E-state index in [0.29, 0.717) is 6.54 Å². The molecule has 0 aliphatic rings. The fourth-order valence-electron chi connectivity index (χ4n) is 1.68. The fraction of sp³-hybridized carbons (Fsp3) is 0.154. The average Bonchev–Trinajstić information content (AvgIpc) is 2.76. The summed E-state index contributed by atoms with van der Waals surface area (Å²) in [6.45, 7) is 0.569. The minimum Gasteiger partial charge on any atom is -0.368 e. The van der Waals surface area contributed by atoms with Crippen molar-refractivity contribution in [3.8, 4) is 0 Å². The van der Waals surface area contributed by atoms with Crippen LogP contribution in [0.3, 0.4) is 0 Å². The highest BCUT2D eigenvalue weighted by molar-refractivity contribution is 7.16. The van der Waals surface area contributed by atoms with Crippen LogP contribution in [0.2, 0.25) is 4.34 Å². The van der Waals surface area contributed by atoms with Gasteiger partial charge in [-0.25, -0.2) is 0 Å². The van der Waals surface area contributed by atoms with E-state index in [1.54, 1.807) is 0 Å². The van der Waals surface area contributed by atoms with E-state index in [2.05, 4.69) is 5.32 Å². The van der Waals surface area contributed by atoms with Crippen molar-refractivity contribution in [3.05, 3.63) is 57.2 Å². The number of thiophene rings is 1. The van der Waals surface area contributed by atoms with Crippen LogP contribution in [0.25, 0.3) is 0 Å². The summed E-state index contributed by atoms with van der Waals surface area (Å²) in [4.78, 5) is 12.5. The number of carbonyl (C=O) groups excluding carboxylic acids is 1. The number of hydrogen-bond acceptors (Lipinski definition) is 3. The van der Waals surface area contributed by atoms with Crippen LogP contribution in [0.15, 0.2) is 42.5 Å². The number of halogens is 1. The van der Waals surface area contributed by atoms with Gasteiger partial charge in [0.2, 0.25) is 5.91 Å². The third-order valence-corrected chi connectivity index (χ3v) is 3.76. The first kappa shape index (κ1) is 13.1. The van der Waals surface area contributed by atoms with Crippen LogP contribution < -0.4 is 11.1 Å². The smallest absolute Gasteiger partial charge is 0.239 e. The van der Waals surface area contributed by atoms with Gasteiger partial charge < -0.3 is 5.73 Å². The standard InChI is InChI=1S/C13H13ClN2OS/c14-11-7-6-10(18-11)8-16-12(13(15)17)9-4-2-1-3-5-9/h1-7,12,16H,8H2,(H2,15,17)/t12-/m1/s1. The summed E-state index contributed by atoms with van der Waals surface area (Å²) in [6, 6.07) is 12.7. The first-order valence-corrected chi connectivity index (χ1v) is 6.68. The largest absolute Gasteiger partial charge is 0.368 e. The van der Waals surface area contributed by atoms with Crippen LogP contribution >= 0.6 is 22.9 Å². The molecular weight excluding hydrogens is 268 g/mol. The van der Waals surface area contributed by atoms with E-state index in [0.717, 1.165) is 14.8 Å². The Bertz CT molecular complexity index is 527. The van der Waals surface area contributed by atoms with E-state index in [-0.39, 0.29) is 5.91 Å². The number of hydrogen-bond donors (Lipinski definition) is 2. The monoisotopic (exact) mass is 280 g/mol. The Labute approximate surface area is 115 Å². The van der Waals surface area contributed by atoms with Crippen molar-refractivity contribution < 1.29 is 4.79 Å². The normalized spacial score (nSPS) is 12.3. The van der Waals surface area contributed by atoms with Gasteiger partial charge in [0.15, 0.2) is 0 Å². The van der Waals surface area contributed by atoms with Gasteiger partial charge in [-0.2, -0.15) is 0 Å². The molecule has 1 amide bonds. The van der Waals surface area contributed by atoms with Crippen molar-refractivity contribution in [1.29, 1.82) is 0 Å². The van der Waals surface area contributed by atoms with Gasteiger partial charge in [0.1, 0.15) is 6.04 Å². The zero-order valence-electron chi connectivity index (χ0n) is 9.60. The van der Waals surface area contributed by atoms with Gasteiger partial charge in [0.05, 0.1) is 4.34 Å². The zero-order chi connectivity index (χ0) is 13.0. The summed E-state index contributed by atoms with van der Waals surface area (Å²) in [5, 5.41) is 3.14. The molecule has 0 bridgehead atoms. The second-order valence-electron chi connectivity index (χ2n) is 3.83. The molecule has 1 aromatic heterocycles. The Kier molecular flexibility index (Phi) is 4.36. The van der Waals surface area contributed by atoms with Crippen LogP contribution in [-0.2, 0) is 11.3 Å². The molecule has 18 heavy (non-hydrogen) atoms. The number of nitrogens with one attached hydrogen (secondary N) is 1. The molecule has 0 unspecified atom stereocenters. The van der Waals surface area contributed by atoms with Gasteiger partial charge in [0.25, 0.3) is 0 Å². The van der Waals surface area contributed by atoms with Crippen molar-refractivity contribution in [3.63, 3.8) is 0 Å². The maximum absolute atomic E-state index is 11.5. The lowest BCUT2D eigenvalue weighted by Crippen LogP contribution is -2.33. The van der Waals surface area contributed by atoms with Crippen molar-refractivity contribution in [1.82, 2.24) is 5.32 Å². The van der Waals surface area contributed by atoms with Gasteiger partial charge in [0, 0.05) is 11.4 Å². The first-order chi connectivity index (χ1) is 8.66. The lowest BCUT2D eigenvalue weighted by atomic mass is 10.1. The third kappa shape index (κ3) is 3.32. The van der Waals surface area contributed by atoms with Crippen LogP contribution in [0.5, 0.6) is 0 Å². The second-order valence-corrected chi connectivity index (χ2v) is 5.63. The van der Waals surface area contributed by atoms with Crippen molar-refractivity contribution in [2.75, 3.05) is 0 Å². The van der Waals surface area contributed by atoms with Gasteiger partial charge in [-0.1, -0.05) is 41.9 Å². The van der Waals surface area contributed by atoms with Crippen molar-refractivity contribution in [2.24, 2.45) is 5.73 Å². The Hall–Kier alpha value is -1.36. The number of carbonyl (C=O) groups is 1. The molecule has 1 heterocycles. The van der Waals surface area contributed by atoms with Crippen molar-refractivity contribution in [2.45, 2.75) is 12.6 Å². The summed E-state index contributed by atoms with van der Waals surface area (Å²) in [7, 11) is 0. The molecule has 3 nitrogen and oxygen atoms in total. The van der Waals surface area contributed by atoms with Gasteiger partial charge in [-0.15, -0.1) is 11.3 Å². The van der Waals surface area contributed by atoms with Crippen LogP contribution in [0.4, 0.5) is 0 Å². The molecule has 5 heteroatoms. The summed E-state index contributed by atoms with van der Waals surface area (Å²) in [5.74, 6) is -0.385. The van der Waals surface area contributed by atoms with E-state index < -0.39 is 6.04 Å². The Balaban J connectivity index is 2.06. The van der Waals surface area contributed by atoms with Gasteiger partial charge in [-0.05, 0) is 17.7 Å². The Morgan fingerprint density at radius 1 is 1.28 bits per heavy atom. The van der Waals surface area contributed by atoms with Crippen LogP contribution in [0.1, 0.15) is 16.5 Å². The van der Waals surface area contributed by atoms with Crippen LogP contribution in [0, 0.1) is 0 Å². The summed E-state index contributed by atoms with van der Waals surface area (Å²) < 4.78 is 0.738. The highest BCUT2D eigenvalue weighted by atomic mass is 35.5. The molecule has 3 N–H and O–H groups in total. The van der Waals surface area contributed by atoms with Crippen molar-refractivity contribution >= 4 is 28.8 Å². The maximum atomic E-state index is 11.5. The lowest BCUT2D eigenvalue weighted by molar-refractivity contribution is -0.120. The number of primary amides is 1. The summed E-state index contributed by atoms with van der Waals surface area (Å²) in [5.41, 5.74) is 6.28. The third-order valence-electron chi connectivity index (χ3n) is 2.53. The molecule has 1 aromatic carbocycles. The summed E-state index contributed by atoms with van der Waals surface area (Å²) in [6.07, 6.45) is 0. The Morgan fingerprint density at radius 2 is 2.00 bits per heavy atom. The Morgan fingerprint density at radius 3 is 2.56 bits per heavy atom. The minimum atomic E-state index is -0.480. The minimum absolute atomic E-state index is 0.385. The quantitative estimate of drug-likeness (QED) is 0.885. The first-order valence-electron chi connectivity index (χ1n) is 5.48. The SMILES string of the molecule is NC(=O)[C@H](NCc1ccc(Cl)s1)c1ccccc1. The molecule has 0 saturated heterocycles. The molecule has 1 atom stereocenters. The van der Waals surface area contributed by atoms with Crippen LogP contribution in [-0.4, -0.2) is 5.91 Å². The molecule has 0 spiro atoms. The molecule has 2 rings (SSSR count). The number of nitrogens with two attached hydrogens (primary N) is 1. The maximum Gasteiger partial charge on any atom is 0.239 e. The van der Waals surface area contributed by atoms with E-state index in [1.165, 1.54) is 11.3 Å². The highest BCUT2D eigenvalue weighted by Crippen LogP contribution is 2.22. The van der Waals surface area contributed by atoms with E-state index in [4.69, 9.17) is 17.3 Å². The highest BCUT2D eigenvalue weighted by Gasteiger charge is 2.16. The number of amides is 1. The predicted octanol–water partition coefficient (Wildman–Crippen LogP) is 2.72. The van der Waals surface area contributed by atoms with Gasteiger partial charge >= 0.3 is 0 Å². The lowest BCUT2D eigenvalue weighted by Gasteiger charge is -2.15. The van der Waals surface area contributed by atoms with E-state index in [1.807, 2.05) is 42.5 Å². The molecule has 0 aliphatic carbocycles. The zero-order valence-corrected chi connectivity index (χ0v) is 11.2. The topological polar surface area (TPSA) is 55.1 Å². The van der Waals surface area contributed by atoms with E-state index >= 15 is 0 Å². The second kappa shape index (κ2) is 6.00. The van der Waals surface area contributed by atoms with Gasteiger partial charge in [-0.3, -0.25) is 10.1 Å². The fourth-order valence-corrected chi connectivity index (χ4v) is 2.72.